The lowest BCUT2D eigenvalue weighted by Gasteiger charge is -2.13. The highest BCUT2D eigenvalue weighted by Crippen LogP contribution is 2.26. The zero-order chi connectivity index (χ0) is 24.3. The van der Waals surface area contributed by atoms with Gasteiger partial charge in [0.2, 0.25) is 5.88 Å². The zero-order valence-corrected chi connectivity index (χ0v) is 20.4. The molecule has 1 aromatic heterocycles. The van der Waals surface area contributed by atoms with Crippen LogP contribution in [0.3, 0.4) is 0 Å². The van der Waals surface area contributed by atoms with Gasteiger partial charge in [0.1, 0.15) is 5.75 Å². The molecule has 1 aliphatic rings. The molecular weight excluding hydrogens is 450 g/mol. The monoisotopic (exact) mass is 479 g/mol. The van der Waals surface area contributed by atoms with Gasteiger partial charge in [-0.05, 0) is 86.7 Å². The maximum atomic E-state index is 12.9. The van der Waals surface area contributed by atoms with E-state index in [0.717, 1.165) is 36.8 Å². The van der Waals surface area contributed by atoms with Crippen LogP contribution in [0, 0.1) is 20.8 Å². The summed E-state index contributed by atoms with van der Waals surface area (Å²) in [5.74, 6) is 0.721. The van der Waals surface area contributed by atoms with Crippen LogP contribution in [0.2, 0.25) is 0 Å². The van der Waals surface area contributed by atoms with E-state index < -0.39 is 10.0 Å². The Morgan fingerprint density at radius 1 is 0.941 bits per heavy atom. The van der Waals surface area contributed by atoms with Crippen molar-refractivity contribution >= 4 is 21.6 Å². The van der Waals surface area contributed by atoms with Crippen LogP contribution < -0.4 is 14.8 Å². The summed E-state index contributed by atoms with van der Waals surface area (Å²) >= 11 is 0. The van der Waals surface area contributed by atoms with Crippen LogP contribution in [-0.2, 0) is 10.0 Å². The van der Waals surface area contributed by atoms with Crippen molar-refractivity contribution in [3.8, 4) is 11.6 Å². The molecule has 1 saturated carbocycles. The molecule has 0 radical (unpaired) electrons. The molecule has 3 aromatic rings. The van der Waals surface area contributed by atoms with Gasteiger partial charge < -0.3 is 10.1 Å². The first-order valence-corrected chi connectivity index (χ1v) is 12.8. The predicted molar refractivity (Wildman–Crippen MR) is 132 cm³/mol. The Labute approximate surface area is 200 Å². The molecule has 34 heavy (non-hydrogen) atoms. The minimum atomic E-state index is -3.72. The van der Waals surface area contributed by atoms with Crippen molar-refractivity contribution in [2.24, 2.45) is 0 Å². The van der Waals surface area contributed by atoms with E-state index in [-0.39, 0.29) is 16.8 Å². The van der Waals surface area contributed by atoms with Gasteiger partial charge in [0.15, 0.2) is 0 Å². The number of nitrogens with zero attached hydrogens (tertiary/aromatic N) is 1. The van der Waals surface area contributed by atoms with Gasteiger partial charge in [-0.2, -0.15) is 0 Å². The molecule has 0 spiro atoms. The van der Waals surface area contributed by atoms with E-state index in [2.05, 4.69) is 15.0 Å². The van der Waals surface area contributed by atoms with Crippen molar-refractivity contribution in [1.29, 1.82) is 0 Å². The Kier molecular flexibility index (Phi) is 6.88. The summed E-state index contributed by atoms with van der Waals surface area (Å²) in [5.41, 5.74) is 3.59. The number of hydrogen-bond donors (Lipinski definition) is 2. The average Bonchev–Trinajstić information content (AvgIpc) is 3.31. The van der Waals surface area contributed by atoms with Crippen molar-refractivity contribution in [2.45, 2.75) is 57.4 Å². The molecule has 2 aromatic carbocycles. The Bertz CT molecular complexity index is 1280. The van der Waals surface area contributed by atoms with Gasteiger partial charge >= 0.3 is 0 Å². The van der Waals surface area contributed by atoms with Crippen LogP contribution in [0.1, 0.15) is 52.7 Å². The number of nitrogens with one attached hydrogen (secondary N) is 2. The third-order valence-corrected chi connectivity index (χ3v) is 7.62. The topological polar surface area (TPSA) is 97.4 Å². The van der Waals surface area contributed by atoms with Gasteiger partial charge in [-0.1, -0.05) is 18.9 Å². The molecule has 178 valence electrons. The van der Waals surface area contributed by atoms with Crippen molar-refractivity contribution in [2.75, 3.05) is 4.72 Å². The molecule has 0 atom stereocenters. The molecule has 0 unspecified atom stereocenters. The molecule has 0 bridgehead atoms. The highest BCUT2D eigenvalue weighted by atomic mass is 32.2. The van der Waals surface area contributed by atoms with Crippen molar-refractivity contribution in [3.63, 3.8) is 0 Å². The van der Waals surface area contributed by atoms with E-state index in [1.165, 1.54) is 6.20 Å². The molecule has 2 N–H and O–H groups in total. The van der Waals surface area contributed by atoms with Gasteiger partial charge in [0.25, 0.3) is 15.9 Å². The first-order valence-electron chi connectivity index (χ1n) is 11.4. The van der Waals surface area contributed by atoms with E-state index in [4.69, 9.17) is 4.74 Å². The Hall–Kier alpha value is -3.39. The highest BCUT2D eigenvalue weighted by molar-refractivity contribution is 7.92. The van der Waals surface area contributed by atoms with E-state index >= 15 is 0 Å². The predicted octanol–water partition coefficient (Wildman–Crippen LogP) is 5.27. The molecular formula is C26H29N3O4S. The van der Waals surface area contributed by atoms with Gasteiger partial charge in [-0.3, -0.25) is 9.52 Å². The maximum Gasteiger partial charge on any atom is 0.262 e. The first-order chi connectivity index (χ1) is 16.2. The fourth-order valence-corrected chi connectivity index (χ4v) is 5.43. The molecule has 1 fully saturated rings. The number of amides is 1. The first kappa shape index (κ1) is 23.8. The number of pyridine rings is 1. The van der Waals surface area contributed by atoms with Crippen LogP contribution >= 0.6 is 0 Å². The summed E-state index contributed by atoms with van der Waals surface area (Å²) in [5, 5.41) is 3.03. The minimum absolute atomic E-state index is 0.124. The molecule has 0 aliphatic heterocycles. The fraction of sp³-hybridized carbons (Fsp3) is 0.308. The quantitative estimate of drug-likeness (QED) is 0.481. The fourth-order valence-electron chi connectivity index (χ4n) is 4.06. The summed E-state index contributed by atoms with van der Waals surface area (Å²) in [7, 11) is -3.72. The standard InChI is InChI=1S/C26H29N3O4S/c1-17-14-19(3)24(15-18(17)2)34(31,32)29-22-9-11-23(12-10-22)33-25-13-8-20(16-27-25)26(30)28-21-6-4-5-7-21/h8-16,21,29H,4-7H2,1-3H3,(H,28,30). The molecule has 1 aliphatic carbocycles. The number of benzene rings is 2. The number of rotatable bonds is 7. The summed E-state index contributed by atoms with van der Waals surface area (Å²) < 4.78 is 34.1. The summed E-state index contributed by atoms with van der Waals surface area (Å²) in [6.45, 7) is 5.63. The van der Waals surface area contributed by atoms with Crippen LogP contribution in [0.5, 0.6) is 11.6 Å². The van der Waals surface area contributed by atoms with Crippen LogP contribution in [0.15, 0.2) is 59.6 Å². The molecule has 0 saturated heterocycles. The molecule has 7 nitrogen and oxygen atoms in total. The Morgan fingerprint density at radius 3 is 2.26 bits per heavy atom. The lowest BCUT2D eigenvalue weighted by atomic mass is 10.1. The number of anilines is 1. The van der Waals surface area contributed by atoms with Gasteiger partial charge in [-0.15, -0.1) is 0 Å². The van der Waals surface area contributed by atoms with Gasteiger partial charge in [0.05, 0.1) is 10.5 Å². The van der Waals surface area contributed by atoms with Crippen molar-refractivity contribution < 1.29 is 17.9 Å². The van der Waals surface area contributed by atoms with Gasteiger partial charge in [0, 0.05) is 24.0 Å². The maximum absolute atomic E-state index is 12.9. The van der Waals surface area contributed by atoms with E-state index in [1.54, 1.807) is 49.4 Å². The second-order valence-corrected chi connectivity index (χ2v) is 10.4. The largest absolute Gasteiger partial charge is 0.439 e. The number of carbonyl (C=O) groups excluding carboxylic acids is 1. The normalized spacial score (nSPS) is 14.1. The molecule has 8 heteroatoms. The number of hydrogen-bond acceptors (Lipinski definition) is 5. The van der Waals surface area contributed by atoms with E-state index in [1.807, 2.05) is 19.9 Å². The summed E-state index contributed by atoms with van der Waals surface area (Å²) in [6.07, 6.45) is 5.85. The van der Waals surface area contributed by atoms with Crippen molar-refractivity contribution in [3.05, 3.63) is 77.0 Å². The Morgan fingerprint density at radius 2 is 1.62 bits per heavy atom. The lowest BCUT2D eigenvalue weighted by Crippen LogP contribution is -2.32. The van der Waals surface area contributed by atoms with Crippen LogP contribution in [-0.4, -0.2) is 25.4 Å². The lowest BCUT2D eigenvalue weighted by molar-refractivity contribution is 0.0937. The second-order valence-electron chi connectivity index (χ2n) is 8.77. The Balaban J connectivity index is 1.39. The number of sulfonamides is 1. The number of aromatic nitrogens is 1. The third kappa shape index (κ3) is 5.56. The number of carbonyl (C=O) groups is 1. The van der Waals surface area contributed by atoms with Crippen LogP contribution in [0.25, 0.3) is 0 Å². The molecule has 1 amide bonds. The van der Waals surface area contributed by atoms with E-state index in [0.29, 0.717) is 28.4 Å². The average molecular weight is 480 g/mol. The summed E-state index contributed by atoms with van der Waals surface area (Å²) in [4.78, 5) is 16.8. The smallest absolute Gasteiger partial charge is 0.262 e. The molecule has 4 rings (SSSR count). The van der Waals surface area contributed by atoms with Gasteiger partial charge in [-0.25, -0.2) is 13.4 Å². The summed E-state index contributed by atoms with van der Waals surface area (Å²) in [6, 6.07) is 13.7. The minimum Gasteiger partial charge on any atom is -0.439 e. The number of aryl methyl sites for hydroxylation is 3. The SMILES string of the molecule is Cc1cc(C)c(S(=O)(=O)Nc2ccc(Oc3ccc(C(=O)NC4CCCC4)cn3)cc2)cc1C. The second kappa shape index (κ2) is 9.85. The van der Waals surface area contributed by atoms with Crippen LogP contribution in [0.4, 0.5) is 5.69 Å². The van der Waals surface area contributed by atoms with E-state index in [9.17, 15) is 13.2 Å². The highest BCUT2D eigenvalue weighted by Gasteiger charge is 2.19. The van der Waals surface area contributed by atoms with Crippen molar-refractivity contribution in [1.82, 2.24) is 10.3 Å². The zero-order valence-electron chi connectivity index (χ0n) is 19.6. The third-order valence-electron chi connectivity index (χ3n) is 6.10. The molecule has 1 heterocycles. The number of ether oxygens (including phenoxy) is 1.